The number of aliphatic carboxylic acids is 1. The summed E-state index contributed by atoms with van der Waals surface area (Å²) in [6, 6.07) is -7.23. The minimum absolute atomic E-state index is 0.0957. The molecule has 1 fully saturated rings. The van der Waals surface area contributed by atoms with E-state index in [1.54, 1.807) is 13.8 Å². The number of rotatable bonds is 26. The van der Waals surface area contributed by atoms with Gasteiger partial charge in [-0.05, 0) is 56.8 Å². The Bertz CT molecular complexity index is 1480. The number of amides is 8. The van der Waals surface area contributed by atoms with E-state index in [0.717, 1.165) is 0 Å². The van der Waals surface area contributed by atoms with Gasteiger partial charge in [0.15, 0.2) is 5.96 Å². The summed E-state index contributed by atoms with van der Waals surface area (Å²) in [5.41, 5.74) is 16.4. The quantitative estimate of drug-likeness (QED) is 0.0221. The van der Waals surface area contributed by atoms with E-state index >= 15 is 0 Å². The molecule has 0 saturated carbocycles. The minimum Gasteiger partial charge on any atom is -0.480 e. The van der Waals surface area contributed by atoms with Gasteiger partial charge in [0.1, 0.15) is 30.2 Å². The van der Waals surface area contributed by atoms with Crippen molar-refractivity contribution >= 4 is 59.2 Å². The standard InChI is InChI=1S/C35H62N12O11/c1-18(2)13-20(36)29(52)43-21(7-5-11-40-35(38)39)31(54)45-23(14-19(3)4)32(55)46-24(17-48)30(53)42-15-27(50)41-16-28(51)47-12-6-8-25(47)33(56)44-22(34(57)58)9-10-26(37)49/h18-25,48H,5-17,36H2,1-4H3,(H2,37,49)(H,41,50)(H,42,53)(H,43,52)(H,44,56)(H,45,54)(H,46,55)(H,57,58)(H4,38,39,40)/t20-,21+,22-,23-,24-,25-/m0/s1. The van der Waals surface area contributed by atoms with Crippen LogP contribution in [0, 0.1) is 17.2 Å². The second-order valence-electron chi connectivity index (χ2n) is 14.9. The summed E-state index contributed by atoms with van der Waals surface area (Å²) in [6.45, 7) is 5.58. The number of guanidine groups is 1. The fourth-order valence-corrected chi connectivity index (χ4v) is 5.91. The molecule has 8 amide bonds. The molecule has 58 heavy (non-hydrogen) atoms. The fourth-order valence-electron chi connectivity index (χ4n) is 5.91. The van der Waals surface area contributed by atoms with Crippen molar-refractivity contribution in [2.24, 2.45) is 29.0 Å². The lowest BCUT2D eigenvalue weighted by Gasteiger charge is -2.26. The molecule has 23 heteroatoms. The number of carbonyl (C=O) groups is 9. The van der Waals surface area contributed by atoms with E-state index in [-0.39, 0.29) is 63.0 Å². The molecule has 1 saturated heterocycles. The van der Waals surface area contributed by atoms with Crippen LogP contribution in [0.2, 0.25) is 0 Å². The summed E-state index contributed by atoms with van der Waals surface area (Å²) in [5, 5.41) is 43.7. The molecule has 328 valence electrons. The molecule has 1 heterocycles. The maximum Gasteiger partial charge on any atom is 0.326 e. The number of aliphatic hydroxyl groups excluding tert-OH is 1. The van der Waals surface area contributed by atoms with Gasteiger partial charge in [-0.3, -0.25) is 43.8 Å². The molecule has 1 rings (SSSR count). The number of likely N-dealkylation sites (tertiary alicyclic amines) is 1. The number of hydrogen-bond donors (Lipinski definition) is 13. The van der Waals surface area contributed by atoms with Crippen molar-refractivity contribution in [3.63, 3.8) is 0 Å². The van der Waals surface area contributed by atoms with Crippen LogP contribution < -0.4 is 54.4 Å². The first kappa shape index (κ1) is 50.4. The zero-order valence-corrected chi connectivity index (χ0v) is 33.6. The van der Waals surface area contributed by atoms with E-state index in [4.69, 9.17) is 22.6 Å². The number of carboxylic acid groups (broad SMARTS) is 1. The van der Waals surface area contributed by atoms with Gasteiger partial charge in [-0.15, -0.1) is 0 Å². The van der Waals surface area contributed by atoms with Crippen molar-refractivity contribution in [1.82, 2.24) is 42.1 Å². The van der Waals surface area contributed by atoms with Gasteiger partial charge in [0.25, 0.3) is 0 Å². The Labute approximate surface area is 336 Å². The normalized spacial score (nSPS) is 16.2. The van der Waals surface area contributed by atoms with E-state index in [0.29, 0.717) is 19.3 Å². The highest BCUT2D eigenvalue weighted by Gasteiger charge is 2.36. The SMILES string of the molecule is CC(C)C[C@H](NC(=O)[C@@H](CCCNC(=N)N)NC(=O)[C@@H](N)CC(C)C)C(=O)N[C@@H](CO)C(=O)NCC(=O)NCC(=O)N1CCC[C@H]1C(=O)N[C@@H](CCC(N)=O)C(=O)O. The Morgan fingerprint density at radius 1 is 0.741 bits per heavy atom. The summed E-state index contributed by atoms with van der Waals surface area (Å²) >= 11 is 0. The topological polar surface area (TPSA) is 383 Å². The van der Waals surface area contributed by atoms with E-state index in [1.807, 2.05) is 13.8 Å². The first-order valence-electron chi connectivity index (χ1n) is 19.2. The monoisotopic (exact) mass is 826 g/mol. The van der Waals surface area contributed by atoms with E-state index in [2.05, 4.69) is 37.2 Å². The summed E-state index contributed by atoms with van der Waals surface area (Å²) in [4.78, 5) is 115. The zero-order valence-electron chi connectivity index (χ0n) is 33.6. The zero-order chi connectivity index (χ0) is 44.1. The summed E-state index contributed by atoms with van der Waals surface area (Å²) in [5.74, 6) is -7.77. The predicted molar refractivity (Wildman–Crippen MR) is 208 cm³/mol. The van der Waals surface area contributed by atoms with Gasteiger partial charge in [0, 0.05) is 19.5 Å². The Hall–Kier alpha value is -5.58. The van der Waals surface area contributed by atoms with E-state index < -0.39 is 109 Å². The molecule has 0 aromatic carbocycles. The molecule has 16 N–H and O–H groups in total. The molecule has 1 aliphatic rings. The highest BCUT2D eigenvalue weighted by molar-refractivity contribution is 5.96. The van der Waals surface area contributed by atoms with Crippen LogP contribution in [0.3, 0.4) is 0 Å². The lowest BCUT2D eigenvalue weighted by Crippen LogP contribution is -2.59. The smallest absolute Gasteiger partial charge is 0.326 e. The molecule has 0 spiro atoms. The lowest BCUT2D eigenvalue weighted by molar-refractivity contribution is -0.144. The van der Waals surface area contributed by atoms with Crippen LogP contribution in [0.1, 0.15) is 79.1 Å². The number of nitrogens with zero attached hydrogens (tertiary/aromatic N) is 1. The number of primary amides is 1. The summed E-state index contributed by atoms with van der Waals surface area (Å²) in [7, 11) is 0. The fraction of sp³-hybridized carbons (Fsp3) is 0.714. The number of nitrogens with one attached hydrogen (secondary N) is 8. The van der Waals surface area contributed by atoms with Gasteiger partial charge in [-0.25, -0.2) is 4.79 Å². The molecular weight excluding hydrogens is 764 g/mol. The van der Waals surface area contributed by atoms with Gasteiger partial charge in [0.2, 0.25) is 47.3 Å². The van der Waals surface area contributed by atoms with Gasteiger partial charge in [0.05, 0.1) is 25.7 Å². The van der Waals surface area contributed by atoms with Crippen LogP contribution in [0.15, 0.2) is 0 Å². The third kappa shape index (κ3) is 19.0. The van der Waals surface area contributed by atoms with Crippen LogP contribution in [0.4, 0.5) is 0 Å². The van der Waals surface area contributed by atoms with Crippen molar-refractivity contribution in [1.29, 1.82) is 5.41 Å². The Balaban J connectivity index is 2.85. The number of carbonyl (C=O) groups excluding carboxylic acids is 8. The number of nitrogens with two attached hydrogens (primary N) is 3. The average molecular weight is 827 g/mol. The molecular formula is C35H62N12O11. The second kappa shape index (κ2) is 25.6. The van der Waals surface area contributed by atoms with Crippen LogP contribution in [0.25, 0.3) is 0 Å². The molecule has 0 aromatic heterocycles. The lowest BCUT2D eigenvalue weighted by atomic mass is 10.0. The van der Waals surface area contributed by atoms with E-state index in [9.17, 15) is 53.4 Å². The van der Waals surface area contributed by atoms with Crippen molar-refractivity contribution in [2.45, 2.75) is 115 Å². The van der Waals surface area contributed by atoms with Gasteiger partial charge >= 0.3 is 5.97 Å². The molecule has 1 aliphatic heterocycles. The predicted octanol–water partition coefficient (Wildman–Crippen LogP) is -4.83. The Kier molecular flexibility index (Phi) is 22.3. The highest BCUT2D eigenvalue weighted by Crippen LogP contribution is 2.18. The maximum atomic E-state index is 13.5. The van der Waals surface area contributed by atoms with Crippen LogP contribution >= 0.6 is 0 Å². The molecule has 0 bridgehead atoms. The first-order chi connectivity index (χ1) is 27.2. The van der Waals surface area contributed by atoms with Crippen LogP contribution in [0.5, 0.6) is 0 Å². The average Bonchev–Trinajstić information content (AvgIpc) is 3.64. The van der Waals surface area contributed by atoms with Gasteiger partial charge in [-0.2, -0.15) is 0 Å². The third-order valence-corrected chi connectivity index (χ3v) is 8.87. The maximum absolute atomic E-state index is 13.5. The van der Waals surface area contributed by atoms with E-state index in [1.165, 1.54) is 4.90 Å². The third-order valence-electron chi connectivity index (χ3n) is 8.87. The number of hydrogen-bond acceptors (Lipinski definition) is 12. The molecule has 0 aliphatic carbocycles. The van der Waals surface area contributed by atoms with Gasteiger partial charge < -0.3 is 69.5 Å². The van der Waals surface area contributed by atoms with Gasteiger partial charge in [-0.1, -0.05) is 27.7 Å². The largest absolute Gasteiger partial charge is 0.480 e. The minimum atomic E-state index is -1.56. The molecule has 23 nitrogen and oxygen atoms in total. The summed E-state index contributed by atoms with van der Waals surface area (Å²) in [6.07, 6.45) is 0.981. The van der Waals surface area contributed by atoms with Crippen molar-refractivity contribution in [3.05, 3.63) is 0 Å². The molecule has 0 unspecified atom stereocenters. The highest BCUT2D eigenvalue weighted by atomic mass is 16.4. The Morgan fingerprint density at radius 2 is 1.34 bits per heavy atom. The first-order valence-corrected chi connectivity index (χ1v) is 19.2. The van der Waals surface area contributed by atoms with Crippen molar-refractivity contribution < 1.29 is 53.4 Å². The number of carboxylic acids is 1. The summed E-state index contributed by atoms with van der Waals surface area (Å²) < 4.78 is 0. The number of aliphatic hydroxyl groups is 1. The van der Waals surface area contributed by atoms with Crippen molar-refractivity contribution in [3.8, 4) is 0 Å². The van der Waals surface area contributed by atoms with Crippen LogP contribution in [-0.2, 0) is 43.2 Å². The second-order valence-corrected chi connectivity index (χ2v) is 14.9. The van der Waals surface area contributed by atoms with Crippen LogP contribution in [-0.4, -0.2) is 143 Å². The Morgan fingerprint density at radius 3 is 1.91 bits per heavy atom. The molecule has 6 atom stereocenters. The van der Waals surface area contributed by atoms with Crippen molar-refractivity contribution in [2.75, 3.05) is 32.8 Å². The molecule has 0 aromatic rings. The molecule has 0 radical (unpaired) electrons.